The zero-order chi connectivity index (χ0) is 42.6. The van der Waals surface area contributed by atoms with Gasteiger partial charge in [0.2, 0.25) is 0 Å². The van der Waals surface area contributed by atoms with Crippen LogP contribution in [0, 0.1) is 23.7 Å². The van der Waals surface area contributed by atoms with Crippen molar-refractivity contribution in [3.05, 3.63) is 205 Å². The standard InChI is InChI=1S/C61H46N4/c1-4-14-40(15-5-1)58-62-59(41-16-6-2-7-17-41)64-60(63-58)46-34-44(33-45(35-46)43-25-27-53-52-21-11-13-23-56(52)65(57(53)37-43)49-18-8-3-9-19-49)42-24-26-51-50-20-10-12-22-54(50)61(55(51)36-42)47-29-38-28-39(31-47)32-48(61)30-38/h1-27,33-39,47-48H,28-32H2. The topological polar surface area (TPSA) is 43.6 Å². The van der Waals surface area contributed by atoms with Crippen LogP contribution in [0.5, 0.6) is 0 Å². The molecule has 0 atom stereocenters. The van der Waals surface area contributed by atoms with Gasteiger partial charge in [-0.15, -0.1) is 0 Å². The van der Waals surface area contributed by atoms with Crippen molar-refractivity contribution in [3.8, 4) is 73.2 Å². The molecule has 4 heteroatoms. The van der Waals surface area contributed by atoms with E-state index in [4.69, 9.17) is 15.0 Å². The van der Waals surface area contributed by atoms with Crippen LogP contribution in [0.2, 0.25) is 0 Å². The largest absolute Gasteiger partial charge is 0.309 e. The van der Waals surface area contributed by atoms with E-state index in [9.17, 15) is 0 Å². The van der Waals surface area contributed by atoms with Crippen LogP contribution < -0.4 is 0 Å². The van der Waals surface area contributed by atoms with Crippen molar-refractivity contribution in [2.24, 2.45) is 23.7 Å². The first-order valence-corrected chi connectivity index (χ1v) is 23.5. The molecule has 5 aliphatic carbocycles. The number of fused-ring (bicyclic) bond motifs is 6. The van der Waals surface area contributed by atoms with Gasteiger partial charge in [-0.1, -0.05) is 146 Å². The van der Waals surface area contributed by atoms with Gasteiger partial charge in [0.05, 0.1) is 11.0 Å². The van der Waals surface area contributed by atoms with Crippen molar-refractivity contribution in [2.45, 2.75) is 37.5 Å². The Kier molecular flexibility index (Phi) is 8.13. The van der Waals surface area contributed by atoms with Gasteiger partial charge in [0.15, 0.2) is 17.5 Å². The van der Waals surface area contributed by atoms with Crippen LogP contribution in [0.4, 0.5) is 0 Å². The van der Waals surface area contributed by atoms with E-state index in [0.717, 1.165) is 45.3 Å². The number of nitrogens with zero attached hydrogens (tertiary/aromatic N) is 4. The second kappa shape index (κ2) is 14.3. The summed E-state index contributed by atoms with van der Waals surface area (Å²) in [7, 11) is 0. The number of para-hydroxylation sites is 2. The molecular weight excluding hydrogens is 789 g/mol. The maximum Gasteiger partial charge on any atom is 0.164 e. The van der Waals surface area contributed by atoms with Crippen molar-refractivity contribution < 1.29 is 0 Å². The Balaban J connectivity index is 1.00. The number of hydrogen-bond acceptors (Lipinski definition) is 3. The SMILES string of the molecule is c1ccc(-c2nc(-c3ccccc3)nc(-c3cc(-c4ccc5c(c4)C4(c6ccccc6-5)C5CC6CC(C5)CC4C6)cc(-c4ccc5c6ccccc6n(-c6ccccc6)c5c4)c3)n2)cc1. The Morgan fingerprint density at radius 2 is 0.862 bits per heavy atom. The summed E-state index contributed by atoms with van der Waals surface area (Å²) >= 11 is 0. The van der Waals surface area contributed by atoms with Crippen molar-refractivity contribution in [1.29, 1.82) is 0 Å². The average molecular weight is 835 g/mol. The van der Waals surface area contributed by atoms with Gasteiger partial charge in [-0.05, 0) is 149 Å². The molecule has 0 amide bonds. The van der Waals surface area contributed by atoms with Crippen molar-refractivity contribution in [1.82, 2.24) is 19.5 Å². The smallest absolute Gasteiger partial charge is 0.164 e. The van der Waals surface area contributed by atoms with Gasteiger partial charge in [0.1, 0.15) is 0 Å². The summed E-state index contributed by atoms with van der Waals surface area (Å²) in [5.41, 5.74) is 17.2. The number of aromatic nitrogens is 4. The van der Waals surface area contributed by atoms with E-state index in [2.05, 4.69) is 162 Å². The lowest BCUT2D eigenvalue weighted by Crippen LogP contribution is -2.55. The average Bonchev–Trinajstić information content (AvgIpc) is 3.86. The minimum atomic E-state index is 0.0784. The molecule has 15 rings (SSSR count). The molecule has 8 aromatic carbocycles. The van der Waals surface area contributed by atoms with Gasteiger partial charge in [0, 0.05) is 38.6 Å². The monoisotopic (exact) mass is 834 g/mol. The second-order valence-corrected chi connectivity index (χ2v) is 19.2. The highest BCUT2D eigenvalue weighted by atomic mass is 15.0. The highest BCUT2D eigenvalue weighted by Crippen LogP contribution is 2.69. The van der Waals surface area contributed by atoms with E-state index in [1.165, 1.54) is 76.2 Å². The van der Waals surface area contributed by atoms with Crippen LogP contribution in [0.25, 0.3) is 95.0 Å². The molecule has 0 saturated heterocycles. The number of hydrogen-bond donors (Lipinski definition) is 0. The fourth-order valence-electron chi connectivity index (χ4n) is 13.4. The van der Waals surface area contributed by atoms with Crippen LogP contribution >= 0.6 is 0 Å². The van der Waals surface area contributed by atoms with Crippen LogP contribution in [0.3, 0.4) is 0 Å². The summed E-state index contributed by atoms with van der Waals surface area (Å²) in [5.74, 6) is 5.15. The molecule has 1 spiro atoms. The Morgan fingerprint density at radius 1 is 0.354 bits per heavy atom. The third-order valence-electron chi connectivity index (χ3n) is 15.8. The number of rotatable bonds is 6. The molecule has 10 aromatic rings. The summed E-state index contributed by atoms with van der Waals surface area (Å²) in [6, 6.07) is 71.0. The van der Waals surface area contributed by atoms with Crippen molar-refractivity contribution >= 4 is 21.8 Å². The summed E-state index contributed by atoms with van der Waals surface area (Å²) in [6.07, 6.45) is 6.89. The molecule has 0 aliphatic heterocycles. The Morgan fingerprint density at radius 3 is 1.54 bits per heavy atom. The third-order valence-corrected chi connectivity index (χ3v) is 15.8. The molecule has 65 heavy (non-hydrogen) atoms. The van der Waals surface area contributed by atoms with Crippen LogP contribution in [0.1, 0.15) is 43.2 Å². The summed E-state index contributed by atoms with van der Waals surface area (Å²) in [4.78, 5) is 15.6. The molecule has 4 fully saturated rings. The normalized spacial score (nSPS) is 21.3. The zero-order valence-corrected chi connectivity index (χ0v) is 36.1. The molecule has 4 nitrogen and oxygen atoms in total. The molecule has 4 saturated carbocycles. The van der Waals surface area contributed by atoms with Gasteiger partial charge >= 0.3 is 0 Å². The summed E-state index contributed by atoms with van der Waals surface area (Å²) in [5, 5.41) is 2.48. The second-order valence-electron chi connectivity index (χ2n) is 19.2. The van der Waals surface area contributed by atoms with Gasteiger partial charge < -0.3 is 4.57 Å². The van der Waals surface area contributed by atoms with E-state index in [1.807, 2.05) is 36.4 Å². The van der Waals surface area contributed by atoms with E-state index < -0.39 is 0 Å². The first kappa shape index (κ1) is 37.0. The van der Waals surface area contributed by atoms with E-state index in [0.29, 0.717) is 29.3 Å². The summed E-state index contributed by atoms with van der Waals surface area (Å²) in [6.45, 7) is 0. The Hall–Kier alpha value is -7.43. The van der Waals surface area contributed by atoms with Crippen LogP contribution in [-0.4, -0.2) is 19.5 Å². The lowest BCUT2D eigenvalue weighted by molar-refractivity contribution is -0.0399. The quantitative estimate of drug-likeness (QED) is 0.168. The zero-order valence-electron chi connectivity index (χ0n) is 36.1. The van der Waals surface area contributed by atoms with E-state index >= 15 is 0 Å². The molecule has 2 heterocycles. The van der Waals surface area contributed by atoms with E-state index in [-0.39, 0.29) is 5.41 Å². The maximum atomic E-state index is 5.28. The summed E-state index contributed by atoms with van der Waals surface area (Å²) < 4.78 is 2.41. The molecule has 4 bridgehead atoms. The first-order valence-electron chi connectivity index (χ1n) is 23.5. The van der Waals surface area contributed by atoms with Crippen molar-refractivity contribution in [3.63, 3.8) is 0 Å². The molecular formula is C61H46N4. The number of benzene rings is 8. The highest BCUT2D eigenvalue weighted by molar-refractivity contribution is 6.10. The fourth-order valence-corrected chi connectivity index (χ4v) is 13.4. The lowest BCUT2D eigenvalue weighted by Gasteiger charge is -2.61. The molecule has 0 radical (unpaired) electrons. The predicted octanol–water partition coefficient (Wildman–Crippen LogP) is 15.0. The lowest BCUT2D eigenvalue weighted by atomic mass is 9.43. The van der Waals surface area contributed by atoms with Gasteiger partial charge in [-0.25, -0.2) is 15.0 Å². The van der Waals surface area contributed by atoms with Gasteiger partial charge in [0.25, 0.3) is 0 Å². The Labute approximate surface area is 379 Å². The van der Waals surface area contributed by atoms with Crippen molar-refractivity contribution in [2.75, 3.05) is 0 Å². The molecule has 5 aliphatic rings. The van der Waals surface area contributed by atoms with E-state index in [1.54, 1.807) is 11.1 Å². The fraction of sp³-hybridized carbons (Fsp3) is 0.164. The molecule has 2 aromatic heterocycles. The van der Waals surface area contributed by atoms with Gasteiger partial charge in [-0.3, -0.25) is 0 Å². The third kappa shape index (κ3) is 5.66. The molecule has 0 unspecified atom stereocenters. The predicted molar refractivity (Wildman–Crippen MR) is 265 cm³/mol. The van der Waals surface area contributed by atoms with Crippen LogP contribution in [0.15, 0.2) is 194 Å². The molecule has 0 N–H and O–H groups in total. The molecule has 310 valence electrons. The Bertz CT molecular complexity index is 3410. The maximum absolute atomic E-state index is 5.28. The highest BCUT2D eigenvalue weighted by Gasteiger charge is 2.61. The first-order chi connectivity index (χ1) is 32.2. The van der Waals surface area contributed by atoms with Crippen LogP contribution in [-0.2, 0) is 5.41 Å². The van der Waals surface area contributed by atoms with Gasteiger partial charge in [-0.2, -0.15) is 0 Å². The minimum absolute atomic E-state index is 0.0784. The minimum Gasteiger partial charge on any atom is -0.309 e.